The normalized spacial score (nSPS) is 14.4. The molecule has 5 aromatic rings. The van der Waals surface area contributed by atoms with E-state index in [2.05, 4.69) is 24.3 Å². The van der Waals surface area contributed by atoms with E-state index in [-0.39, 0.29) is 24.3 Å². The van der Waals surface area contributed by atoms with Crippen LogP contribution in [0.1, 0.15) is 11.1 Å². The first-order valence-electron chi connectivity index (χ1n) is 12.8. The molecule has 1 aliphatic heterocycles. The molecule has 198 valence electrons. The Bertz CT molecular complexity index is 1780. The number of nitrogens with zero attached hydrogens (tertiary/aromatic N) is 1. The van der Waals surface area contributed by atoms with Crippen molar-refractivity contribution < 1.29 is 19.1 Å². The van der Waals surface area contributed by atoms with Crippen LogP contribution in [0.5, 0.6) is 11.5 Å². The first-order chi connectivity index (χ1) is 19.6. The van der Waals surface area contributed by atoms with E-state index in [1.807, 2.05) is 66.7 Å². The van der Waals surface area contributed by atoms with Crippen molar-refractivity contribution in [2.75, 3.05) is 13.2 Å². The van der Waals surface area contributed by atoms with Gasteiger partial charge in [0.15, 0.2) is 0 Å². The molecule has 40 heavy (non-hydrogen) atoms. The number of halogens is 1. The molecule has 5 aromatic carbocycles. The molecule has 0 unspecified atom stereocenters. The van der Waals surface area contributed by atoms with Crippen LogP contribution in [0, 0.1) is 0 Å². The van der Waals surface area contributed by atoms with E-state index in [1.165, 1.54) is 4.90 Å². The van der Waals surface area contributed by atoms with Crippen LogP contribution in [0.4, 0.5) is 4.79 Å². The minimum Gasteiger partial charge on any atom is -0.490 e. The molecule has 0 aromatic heterocycles. The molecular weight excluding hydrogens is 542 g/mol. The molecule has 0 atom stereocenters. The molecule has 0 spiro atoms. The van der Waals surface area contributed by atoms with Gasteiger partial charge < -0.3 is 9.47 Å². The van der Waals surface area contributed by atoms with Gasteiger partial charge in [-0.25, -0.2) is 0 Å². The largest absolute Gasteiger partial charge is 0.490 e. The number of thioether (sulfide) groups is 1. The number of carbonyl (C=O) groups excluding carboxylic acids is 2. The van der Waals surface area contributed by atoms with E-state index in [1.54, 1.807) is 18.2 Å². The lowest BCUT2D eigenvalue weighted by molar-refractivity contribution is -0.123. The van der Waals surface area contributed by atoms with Crippen molar-refractivity contribution in [3.8, 4) is 11.5 Å². The predicted molar refractivity (Wildman–Crippen MR) is 162 cm³/mol. The fourth-order valence-electron chi connectivity index (χ4n) is 4.76. The highest BCUT2D eigenvalue weighted by Crippen LogP contribution is 2.37. The zero-order valence-electron chi connectivity index (χ0n) is 21.4. The van der Waals surface area contributed by atoms with Crippen molar-refractivity contribution >= 4 is 62.1 Å². The number of para-hydroxylation sites is 1. The summed E-state index contributed by atoms with van der Waals surface area (Å²) in [5, 5.41) is 4.37. The Morgan fingerprint density at radius 3 is 2.25 bits per heavy atom. The molecule has 0 saturated carbocycles. The molecule has 0 bridgehead atoms. The number of amides is 2. The molecule has 0 aliphatic carbocycles. The van der Waals surface area contributed by atoms with Gasteiger partial charge in [-0.1, -0.05) is 96.5 Å². The summed E-state index contributed by atoms with van der Waals surface area (Å²) in [6, 6.07) is 33.3. The SMILES string of the molecule is O=C1S/C(=C\c2c(OCc3cccc4ccccc34)ccc3ccccc23)C(=O)N1CCOc1ccccc1Cl. The fraction of sp³-hybridized carbons (Fsp3) is 0.0909. The van der Waals surface area contributed by atoms with Gasteiger partial charge >= 0.3 is 0 Å². The Labute approximate surface area is 241 Å². The van der Waals surface area contributed by atoms with Gasteiger partial charge in [0.05, 0.1) is 16.5 Å². The second-order valence-corrected chi connectivity index (χ2v) is 10.6. The Morgan fingerprint density at radius 1 is 0.725 bits per heavy atom. The lowest BCUT2D eigenvalue weighted by atomic mass is 10.0. The predicted octanol–water partition coefficient (Wildman–Crippen LogP) is 8.34. The van der Waals surface area contributed by atoms with Crippen LogP contribution in [0.3, 0.4) is 0 Å². The quantitative estimate of drug-likeness (QED) is 0.177. The number of benzene rings is 5. The standard InChI is InChI=1S/C33H24ClNO4S/c34-28-14-5-6-15-30(28)38-19-18-35-32(36)31(40-33(35)37)20-27-26-13-4-2-9-23(26)16-17-29(27)39-21-24-11-7-10-22-8-1-3-12-25(22)24/h1-17,20H,18-19,21H2/b31-20-. The van der Waals surface area contributed by atoms with Gasteiger partial charge in [0.25, 0.3) is 11.1 Å². The van der Waals surface area contributed by atoms with E-state index in [0.29, 0.717) is 28.0 Å². The van der Waals surface area contributed by atoms with Crippen LogP contribution in [-0.4, -0.2) is 29.2 Å². The Balaban J connectivity index is 1.26. The number of rotatable bonds is 8. The lowest BCUT2D eigenvalue weighted by Crippen LogP contribution is -2.32. The minimum atomic E-state index is -0.356. The van der Waals surface area contributed by atoms with Crippen LogP contribution in [0.15, 0.2) is 108 Å². The third kappa shape index (κ3) is 5.28. The molecule has 1 fully saturated rings. The van der Waals surface area contributed by atoms with Crippen LogP contribution in [-0.2, 0) is 11.4 Å². The van der Waals surface area contributed by atoms with E-state index >= 15 is 0 Å². The topological polar surface area (TPSA) is 55.8 Å². The molecule has 0 N–H and O–H groups in total. The van der Waals surface area contributed by atoms with Gasteiger partial charge in [-0.05, 0) is 63.1 Å². The molecule has 1 heterocycles. The van der Waals surface area contributed by atoms with Gasteiger partial charge in [0, 0.05) is 5.56 Å². The van der Waals surface area contributed by atoms with Gasteiger partial charge in [-0.2, -0.15) is 0 Å². The Hall–Kier alpha value is -4.26. The third-order valence-corrected chi connectivity index (χ3v) is 7.97. The summed E-state index contributed by atoms with van der Waals surface area (Å²) in [5.41, 5.74) is 1.83. The first kappa shape index (κ1) is 26.0. The van der Waals surface area contributed by atoms with Crippen molar-refractivity contribution in [1.29, 1.82) is 0 Å². The molecule has 0 radical (unpaired) electrons. The summed E-state index contributed by atoms with van der Waals surface area (Å²) in [7, 11) is 0. The summed E-state index contributed by atoms with van der Waals surface area (Å²) < 4.78 is 12.1. The molecule has 5 nitrogen and oxygen atoms in total. The van der Waals surface area contributed by atoms with Crippen molar-refractivity contribution in [2.45, 2.75) is 6.61 Å². The van der Waals surface area contributed by atoms with Crippen LogP contribution in [0.2, 0.25) is 5.02 Å². The van der Waals surface area contributed by atoms with Crippen molar-refractivity contribution in [3.63, 3.8) is 0 Å². The van der Waals surface area contributed by atoms with Crippen LogP contribution >= 0.6 is 23.4 Å². The second-order valence-electron chi connectivity index (χ2n) is 9.24. The zero-order chi connectivity index (χ0) is 27.5. The number of imide groups is 1. The highest BCUT2D eigenvalue weighted by atomic mass is 35.5. The van der Waals surface area contributed by atoms with Gasteiger partial charge in [0.1, 0.15) is 24.7 Å². The van der Waals surface area contributed by atoms with Crippen LogP contribution < -0.4 is 9.47 Å². The molecule has 6 rings (SSSR count). The summed E-state index contributed by atoms with van der Waals surface area (Å²) in [6.07, 6.45) is 1.76. The third-order valence-electron chi connectivity index (χ3n) is 6.75. The van der Waals surface area contributed by atoms with Gasteiger partial charge in [-0.3, -0.25) is 14.5 Å². The Kier molecular flexibility index (Phi) is 7.45. The summed E-state index contributed by atoms with van der Waals surface area (Å²) in [5.74, 6) is 0.793. The average Bonchev–Trinajstić information content (AvgIpc) is 3.25. The van der Waals surface area contributed by atoms with Gasteiger partial charge in [-0.15, -0.1) is 0 Å². The van der Waals surface area contributed by atoms with Crippen LogP contribution in [0.25, 0.3) is 27.6 Å². The lowest BCUT2D eigenvalue weighted by Gasteiger charge is -2.15. The Morgan fingerprint density at radius 2 is 1.43 bits per heavy atom. The monoisotopic (exact) mass is 565 g/mol. The van der Waals surface area contributed by atoms with Gasteiger partial charge in [0.2, 0.25) is 0 Å². The van der Waals surface area contributed by atoms with Crippen molar-refractivity contribution in [3.05, 3.63) is 124 Å². The highest BCUT2D eigenvalue weighted by molar-refractivity contribution is 8.18. The maximum Gasteiger partial charge on any atom is 0.293 e. The van der Waals surface area contributed by atoms with E-state index in [4.69, 9.17) is 21.1 Å². The maximum absolute atomic E-state index is 13.3. The first-order valence-corrected chi connectivity index (χ1v) is 14.0. The average molecular weight is 566 g/mol. The second kappa shape index (κ2) is 11.5. The maximum atomic E-state index is 13.3. The smallest absolute Gasteiger partial charge is 0.293 e. The number of ether oxygens (including phenoxy) is 2. The van der Waals surface area contributed by atoms with E-state index in [0.717, 1.165) is 44.4 Å². The van der Waals surface area contributed by atoms with Crippen molar-refractivity contribution in [1.82, 2.24) is 4.90 Å². The number of carbonyl (C=O) groups is 2. The summed E-state index contributed by atoms with van der Waals surface area (Å²) in [6.45, 7) is 0.622. The van der Waals surface area contributed by atoms with E-state index in [9.17, 15) is 9.59 Å². The van der Waals surface area contributed by atoms with E-state index < -0.39 is 0 Å². The van der Waals surface area contributed by atoms with Crippen molar-refractivity contribution in [2.24, 2.45) is 0 Å². The summed E-state index contributed by atoms with van der Waals surface area (Å²) >= 11 is 7.07. The number of hydrogen-bond acceptors (Lipinski definition) is 5. The highest BCUT2D eigenvalue weighted by Gasteiger charge is 2.35. The summed E-state index contributed by atoms with van der Waals surface area (Å²) in [4.78, 5) is 27.6. The fourth-order valence-corrected chi connectivity index (χ4v) is 5.79. The minimum absolute atomic E-state index is 0.118. The number of fused-ring (bicyclic) bond motifs is 2. The molecule has 2 amide bonds. The number of hydrogen-bond donors (Lipinski definition) is 0. The molecule has 1 saturated heterocycles. The molecule has 7 heteroatoms. The molecule has 1 aliphatic rings. The molecular formula is C33H24ClNO4S. The zero-order valence-corrected chi connectivity index (χ0v) is 23.0.